The molecule has 0 spiro atoms. The zero-order valence-corrected chi connectivity index (χ0v) is 15.4. The minimum absolute atomic E-state index is 0.0969. The van der Waals surface area contributed by atoms with E-state index in [1.807, 2.05) is 25.1 Å². The van der Waals surface area contributed by atoms with E-state index in [4.69, 9.17) is 28.3 Å². The summed E-state index contributed by atoms with van der Waals surface area (Å²) in [6.07, 6.45) is 0.699. The molecule has 2 amide bonds. The van der Waals surface area contributed by atoms with Crippen molar-refractivity contribution in [1.82, 2.24) is 15.1 Å². The summed E-state index contributed by atoms with van der Waals surface area (Å²) in [4.78, 5) is 26.6. The van der Waals surface area contributed by atoms with Crippen molar-refractivity contribution in [3.05, 3.63) is 33.8 Å². The topological polar surface area (TPSA) is 72.9 Å². The summed E-state index contributed by atoms with van der Waals surface area (Å²) in [5.41, 5.74) is 0.864. The first-order chi connectivity index (χ1) is 11.3. The van der Waals surface area contributed by atoms with E-state index in [1.165, 1.54) is 0 Å². The molecule has 1 aromatic carbocycles. The molecule has 6 nitrogen and oxygen atoms in total. The minimum atomic E-state index is -0.945. The zero-order valence-electron chi connectivity index (χ0n) is 13.9. The number of carboxylic acid groups (broad SMARTS) is 1. The number of rotatable bonds is 9. The van der Waals surface area contributed by atoms with Gasteiger partial charge in [0.05, 0.1) is 16.5 Å². The van der Waals surface area contributed by atoms with E-state index < -0.39 is 5.97 Å². The monoisotopic (exact) mass is 375 g/mol. The van der Waals surface area contributed by atoms with Gasteiger partial charge in [0.1, 0.15) is 0 Å². The van der Waals surface area contributed by atoms with Crippen LogP contribution in [0.25, 0.3) is 0 Å². The number of carbonyl (C=O) groups is 2. The quantitative estimate of drug-likeness (QED) is 0.695. The van der Waals surface area contributed by atoms with E-state index in [1.54, 1.807) is 17.0 Å². The van der Waals surface area contributed by atoms with Gasteiger partial charge in [-0.15, -0.1) is 0 Å². The lowest BCUT2D eigenvalue weighted by Gasteiger charge is -2.24. The van der Waals surface area contributed by atoms with Gasteiger partial charge in [0.15, 0.2) is 0 Å². The Labute approximate surface area is 152 Å². The third kappa shape index (κ3) is 7.86. The molecular weight excluding hydrogens is 353 g/mol. The van der Waals surface area contributed by atoms with Crippen molar-refractivity contribution < 1.29 is 14.7 Å². The van der Waals surface area contributed by atoms with E-state index in [0.717, 1.165) is 18.5 Å². The number of benzene rings is 1. The Morgan fingerprint density at radius 2 is 1.88 bits per heavy atom. The number of carbonyl (C=O) groups excluding carboxylic acids is 1. The highest BCUT2D eigenvalue weighted by atomic mass is 35.5. The first-order valence-electron chi connectivity index (χ1n) is 7.63. The fraction of sp³-hybridized carbons (Fsp3) is 0.500. The lowest BCUT2D eigenvalue weighted by atomic mass is 10.2. The van der Waals surface area contributed by atoms with Crippen LogP contribution in [0.2, 0.25) is 10.0 Å². The molecule has 0 atom stereocenters. The second-order valence-corrected chi connectivity index (χ2v) is 6.52. The molecule has 134 valence electrons. The highest BCUT2D eigenvalue weighted by Gasteiger charge is 2.14. The maximum atomic E-state index is 12.3. The summed E-state index contributed by atoms with van der Waals surface area (Å²) >= 11 is 11.9. The number of nitrogens with zero attached hydrogens (tertiary/aromatic N) is 2. The standard InChI is InChI=1S/C16H23Cl2N3O3/c1-20(2)8-3-9-21(16(24)19-7-6-15(22)23)11-12-4-5-13(17)14(18)10-12/h4-5,10H,3,6-9,11H2,1-2H3,(H,19,24)(H,22,23). The maximum Gasteiger partial charge on any atom is 0.317 e. The average molecular weight is 376 g/mol. The SMILES string of the molecule is CN(C)CCCN(Cc1ccc(Cl)c(Cl)c1)C(=O)NCCC(=O)O. The van der Waals surface area contributed by atoms with Gasteiger partial charge in [0.2, 0.25) is 0 Å². The van der Waals surface area contributed by atoms with Crippen LogP contribution in [0.3, 0.4) is 0 Å². The number of urea groups is 1. The van der Waals surface area contributed by atoms with Crippen molar-refractivity contribution in [2.75, 3.05) is 33.7 Å². The Balaban J connectivity index is 2.69. The van der Waals surface area contributed by atoms with Gasteiger partial charge in [-0.05, 0) is 44.8 Å². The number of carboxylic acids is 1. The molecule has 0 aliphatic heterocycles. The number of hydrogen-bond donors (Lipinski definition) is 2. The number of halogens is 2. The lowest BCUT2D eigenvalue weighted by Crippen LogP contribution is -2.41. The van der Waals surface area contributed by atoms with Crippen molar-refractivity contribution in [2.45, 2.75) is 19.4 Å². The number of amides is 2. The normalized spacial score (nSPS) is 10.7. The smallest absolute Gasteiger partial charge is 0.317 e. The molecule has 0 radical (unpaired) electrons. The molecule has 0 saturated carbocycles. The molecule has 1 rings (SSSR count). The summed E-state index contributed by atoms with van der Waals surface area (Å²) in [5.74, 6) is -0.945. The van der Waals surface area contributed by atoms with Gasteiger partial charge in [-0.1, -0.05) is 29.3 Å². The van der Waals surface area contributed by atoms with Crippen molar-refractivity contribution >= 4 is 35.2 Å². The van der Waals surface area contributed by atoms with Gasteiger partial charge in [-0.3, -0.25) is 4.79 Å². The fourth-order valence-electron chi connectivity index (χ4n) is 2.08. The van der Waals surface area contributed by atoms with Crippen LogP contribution in [0.5, 0.6) is 0 Å². The molecule has 0 fully saturated rings. The van der Waals surface area contributed by atoms with E-state index in [0.29, 0.717) is 23.1 Å². The van der Waals surface area contributed by atoms with Gasteiger partial charge >= 0.3 is 12.0 Å². The predicted molar refractivity (Wildman–Crippen MR) is 95.7 cm³/mol. The van der Waals surface area contributed by atoms with Crippen LogP contribution in [0.4, 0.5) is 4.79 Å². The molecule has 0 bridgehead atoms. The third-order valence-electron chi connectivity index (χ3n) is 3.29. The molecular formula is C16H23Cl2N3O3. The highest BCUT2D eigenvalue weighted by molar-refractivity contribution is 6.42. The van der Waals surface area contributed by atoms with Crippen molar-refractivity contribution in [1.29, 1.82) is 0 Å². The molecule has 0 saturated heterocycles. The van der Waals surface area contributed by atoms with Crippen LogP contribution in [0.1, 0.15) is 18.4 Å². The van der Waals surface area contributed by atoms with Crippen molar-refractivity contribution in [3.63, 3.8) is 0 Å². The zero-order chi connectivity index (χ0) is 18.1. The first kappa shape index (κ1) is 20.5. The third-order valence-corrected chi connectivity index (χ3v) is 4.03. The van der Waals surface area contributed by atoms with Crippen LogP contribution < -0.4 is 5.32 Å². The molecule has 0 aliphatic carbocycles. The van der Waals surface area contributed by atoms with Crippen molar-refractivity contribution in [2.24, 2.45) is 0 Å². The molecule has 0 aliphatic rings. The summed E-state index contributed by atoms with van der Waals surface area (Å²) in [7, 11) is 3.94. The van der Waals surface area contributed by atoms with Crippen LogP contribution in [0.15, 0.2) is 18.2 Å². The van der Waals surface area contributed by atoms with E-state index >= 15 is 0 Å². The second kappa shape index (κ2) is 10.4. The molecule has 1 aromatic rings. The molecule has 8 heteroatoms. The van der Waals surface area contributed by atoms with Gasteiger partial charge in [0, 0.05) is 19.6 Å². The Kier molecular flexibility index (Phi) is 8.89. The molecule has 24 heavy (non-hydrogen) atoms. The molecule has 2 N–H and O–H groups in total. The largest absolute Gasteiger partial charge is 0.481 e. The van der Waals surface area contributed by atoms with Crippen LogP contribution >= 0.6 is 23.2 Å². The van der Waals surface area contributed by atoms with Crippen LogP contribution in [-0.4, -0.2) is 60.6 Å². The molecule has 0 aromatic heterocycles. The Bertz CT molecular complexity index is 567. The lowest BCUT2D eigenvalue weighted by molar-refractivity contribution is -0.136. The number of aliphatic carboxylic acids is 1. The van der Waals surface area contributed by atoms with Gasteiger partial charge in [-0.25, -0.2) is 4.79 Å². The second-order valence-electron chi connectivity index (χ2n) is 5.70. The van der Waals surface area contributed by atoms with Gasteiger partial charge in [0.25, 0.3) is 0 Å². The van der Waals surface area contributed by atoms with E-state index in [2.05, 4.69) is 5.32 Å². The summed E-state index contributed by atoms with van der Waals surface area (Å²) in [6, 6.07) is 4.95. The highest BCUT2D eigenvalue weighted by Crippen LogP contribution is 2.23. The van der Waals surface area contributed by atoms with Crippen LogP contribution in [0, 0.1) is 0 Å². The maximum absolute atomic E-state index is 12.3. The molecule has 0 unspecified atom stereocenters. The minimum Gasteiger partial charge on any atom is -0.481 e. The van der Waals surface area contributed by atoms with Crippen LogP contribution in [-0.2, 0) is 11.3 Å². The van der Waals surface area contributed by atoms with E-state index in [9.17, 15) is 9.59 Å². The molecule has 0 heterocycles. The van der Waals surface area contributed by atoms with E-state index in [-0.39, 0.29) is 19.0 Å². The fourth-order valence-corrected chi connectivity index (χ4v) is 2.40. The summed E-state index contributed by atoms with van der Waals surface area (Å²) < 4.78 is 0. The number of hydrogen-bond acceptors (Lipinski definition) is 3. The first-order valence-corrected chi connectivity index (χ1v) is 8.38. The summed E-state index contributed by atoms with van der Waals surface area (Å²) in [6.45, 7) is 1.88. The predicted octanol–water partition coefficient (Wildman–Crippen LogP) is 2.93. The Morgan fingerprint density at radius 1 is 1.17 bits per heavy atom. The van der Waals surface area contributed by atoms with Gasteiger partial charge in [-0.2, -0.15) is 0 Å². The van der Waals surface area contributed by atoms with Gasteiger partial charge < -0.3 is 20.2 Å². The Hall–Kier alpha value is -1.50. The average Bonchev–Trinajstić information content (AvgIpc) is 2.49. The Morgan fingerprint density at radius 3 is 2.46 bits per heavy atom. The summed E-state index contributed by atoms with van der Waals surface area (Å²) in [5, 5.41) is 12.2. The number of nitrogens with one attached hydrogen (secondary N) is 1. The van der Waals surface area contributed by atoms with Crippen molar-refractivity contribution in [3.8, 4) is 0 Å².